The third-order valence-corrected chi connectivity index (χ3v) is 2.59. The molecule has 0 aromatic rings. The van der Waals surface area contributed by atoms with Crippen molar-refractivity contribution >= 4 is 12.1 Å². The first-order chi connectivity index (χ1) is 11.4. The van der Waals surface area contributed by atoms with Crippen LogP contribution in [0.4, 0.5) is 4.79 Å². The molecule has 0 bridgehead atoms. The van der Waals surface area contributed by atoms with Gasteiger partial charge in [-0.05, 0) is 34.1 Å². The molecule has 142 valence electrons. The summed E-state index contributed by atoms with van der Waals surface area (Å²) in [6.45, 7) is 11.9. The van der Waals surface area contributed by atoms with Gasteiger partial charge in [-0.2, -0.15) is 0 Å². The second-order valence-corrected chi connectivity index (χ2v) is 6.07. The molecule has 0 unspecified atom stereocenters. The summed E-state index contributed by atoms with van der Waals surface area (Å²) in [5.74, 6) is 0.741. The molecular weight excluding hydrogens is 312 g/mol. The van der Waals surface area contributed by atoms with E-state index in [0.717, 1.165) is 18.9 Å². The summed E-state index contributed by atoms with van der Waals surface area (Å²) in [6.07, 6.45) is 0.338. The molecule has 24 heavy (non-hydrogen) atoms. The third-order valence-electron chi connectivity index (χ3n) is 2.59. The van der Waals surface area contributed by atoms with Crippen molar-refractivity contribution in [3.8, 4) is 0 Å². The van der Waals surface area contributed by atoms with Gasteiger partial charge in [0, 0.05) is 33.3 Å². The maximum Gasteiger partial charge on any atom is 0.407 e. The van der Waals surface area contributed by atoms with Crippen molar-refractivity contribution in [2.45, 2.75) is 39.7 Å². The fraction of sp³-hybridized carbons (Fsp3) is 0.875. The van der Waals surface area contributed by atoms with Crippen LogP contribution in [-0.2, 0) is 14.2 Å². The largest absolute Gasteiger partial charge is 0.444 e. The minimum Gasteiger partial charge on any atom is -0.444 e. The van der Waals surface area contributed by atoms with Crippen LogP contribution in [0.15, 0.2) is 4.99 Å². The number of methoxy groups -OCH3 is 1. The second kappa shape index (κ2) is 13.9. The smallest absolute Gasteiger partial charge is 0.407 e. The molecule has 1 amide bonds. The Morgan fingerprint density at radius 1 is 1.04 bits per heavy atom. The van der Waals surface area contributed by atoms with E-state index in [-0.39, 0.29) is 0 Å². The zero-order valence-electron chi connectivity index (χ0n) is 15.7. The number of amides is 1. The van der Waals surface area contributed by atoms with Crippen LogP contribution >= 0.6 is 0 Å². The first-order valence-corrected chi connectivity index (χ1v) is 8.44. The fourth-order valence-corrected chi connectivity index (χ4v) is 1.60. The average Bonchev–Trinajstić information content (AvgIpc) is 2.48. The van der Waals surface area contributed by atoms with E-state index in [1.54, 1.807) is 7.11 Å². The highest BCUT2D eigenvalue weighted by Gasteiger charge is 2.15. The Morgan fingerprint density at radius 3 is 2.42 bits per heavy atom. The van der Waals surface area contributed by atoms with Gasteiger partial charge < -0.3 is 30.2 Å². The lowest BCUT2D eigenvalue weighted by Gasteiger charge is -2.19. The molecule has 0 aliphatic carbocycles. The van der Waals surface area contributed by atoms with E-state index in [1.807, 2.05) is 27.7 Å². The first-order valence-electron chi connectivity index (χ1n) is 8.44. The van der Waals surface area contributed by atoms with Crippen molar-refractivity contribution in [3.05, 3.63) is 0 Å². The molecule has 8 heteroatoms. The number of carbonyl (C=O) groups excluding carboxylic acids is 1. The maximum absolute atomic E-state index is 11.5. The van der Waals surface area contributed by atoms with Crippen molar-refractivity contribution in [2.24, 2.45) is 4.99 Å². The fourth-order valence-electron chi connectivity index (χ4n) is 1.60. The van der Waals surface area contributed by atoms with Crippen molar-refractivity contribution in [3.63, 3.8) is 0 Å². The summed E-state index contributed by atoms with van der Waals surface area (Å²) in [4.78, 5) is 15.9. The number of carbonyl (C=O) groups is 1. The third kappa shape index (κ3) is 15.4. The molecule has 0 radical (unpaired) electrons. The molecule has 0 rings (SSSR count). The van der Waals surface area contributed by atoms with Gasteiger partial charge in [0.15, 0.2) is 5.96 Å². The van der Waals surface area contributed by atoms with Gasteiger partial charge in [-0.3, -0.25) is 4.99 Å². The number of guanidine groups is 1. The normalized spacial score (nSPS) is 12.0. The number of aliphatic imine (C=N–C) groups is 1. The van der Waals surface area contributed by atoms with Gasteiger partial charge in [0.05, 0.1) is 19.8 Å². The predicted octanol–water partition coefficient (Wildman–Crippen LogP) is 1.12. The standard InChI is InChI=1S/C16H34N4O4/c1-6-17-14(19-10-11-23-13-12-22-5)18-8-7-9-20-15(21)24-16(2,3)4/h6-13H2,1-5H3,(H,20,21)(H2,17,18,19). The molecule has 0 heterocycles. The lowest BCUT2D eigenvalue weighted by molar-refractivity contribution is 0.0527. The van der Waals surface area contributed by atoms with Crippen LogP contribution in [0.25, 0.3) is 0 Å². The highest BCUT2D eigenvalue weighted by molar-refractivity contribution is 5.79. The Balaban J connectivity index is 3.85. The van der Waals surface area contributed by atoms with E-state index in [4.69, 9.17) is 14.2 Å². The first kappa shape index (κ1) is 22.5. The molecule has 0 spiro atoms. The minimum atomic E-state index is -0.476. The van der Waals surface area contributed by atoms with Crippen molar-refractivity contribution in [2.75, 3.05) is 53.1 Å². The monoisotopic (exact) mass is 346 g/mol. The van der Waals surface area contributed by atoms with E-state index >= 15 is 0 Å². The van der Waals surface area contributed by atoms with E-state index in [2.05, 4.69) is 20.9 Å². The quantitative estimate of drug-likeness (QED) is 0.295. The van der Waals surface area contributed by atoms with E-state index in [1.165, 1.54) is 0 Å². The topological polar surface area (TPSA) is 93.2 Å². The van der Waals surface area contributed by atoms with Gasteiger partial charge in [0.2, 0.25) is 0 Å². The number of hydrogen-bond donors (Lipinski definition) is 3. The zero-order chi connectivity index (χ0) is 18.3. The van der Waals surface area contributed by atoms with Gasteiger partial charge in [-0.15, -0.1) is 0 Å². The lowest BCUT2D eigenvalue weighted by atomic mass is 10.2. The van der Waals surface area contributed by atoms with E-state index in [0.29, 0.717) is 39.5 Å². The van der Waals surface area contributed by atoms with Crippen molar-refractivity contribution < 1.29 is 19.0 Å². The van der Waals surface area contributed by atoms with Crippen LogP contribution in [0.3, 0.4) is 0 Å². The molecule has 0 aromatic heterocycles. The number of hydrogen-bond acceptors (Lipinski definition) is 5. The Labute approximate surface area is 145 Å². The Bertz CT molecular complexity index is 356. The maximum atomic E-state index is 11.5. The Kier molecular flexibility index (Phi) is 13.0. The number of rotatable bonds is 11. The molecule has 8 nitrogen and oxygen atoms in total. The summed E-state index contributed by atoms with van der Waals surface area (Å²) in [6, 6.07) is 0. The second-order valence-electron chi connectivity index (χ2n) is 6.07. The summed E-state index contributed by atoms with van der Waals surface area (Å²) in [5, 5.41) is 9.07. The average molecular weight is 346 g/mol. The zero-order valence-corrected chi connectivity index (χ0v) is 15.7. The van der Waals surface area contributed by atoms with Gasteiger partial charge in [0.25, 0.3) is 0 Å². The number of nitrogens with zero attached hydrogens (tertiary/aromatic N) is 1. The molecule has 3 N–H and O–H groups in total. The molecule has 0 aliphatic rings. The Morgan fingerprint density at radius 2 is 1.79 bits per heavy atom. The highest BCUT2D eigenvalue weighted by Crippen LogP contribution is 2.06. The van der Waals surface area contributed by atoms with Crippen LogP contribution in [0.2, 0.25) is 0 Å². The van der Waals surface area contributed by atoms with E-state index < -0.39 is 11.7 Å². The molecule has 0 aliphatic heterocycles. The number of ether oxygens (including phenoxy) is 3. The predicted molar refractivity (Wildman–Crippen MR) is 95.5 cm³/mol. The van der Waals surface area contributed by atoms with Crippen LogP contribution < -0.4 is 16.0 Å². The number of alkyl carbamates (subject to hydrolysis) is 1. The molecular formula is C16H34N4O4. The van der Waals surface area contributed by atoms with Gasteiger partial charge in [-0.1, -0.05) is 0 Å². The summed E-state index contributed by atoms with van der Waals surface area (Å²) in [5.41, 5.74) is -0.476. The summed E-state index contributed by atoms with van der Waals surface area (Å²) < 4.78 is 15.5. The van der Waals surface area contributed by atoms with Crippen LogP contribution in [0.5, 0.6) is 0 Å². The van der Waals surface area contributed by atoms with Crippen molar-refractivity contribution in [1.82, 2.24) is 16.0 Å². The molecule has 0 saturated carbocycles. The van der Waals surface area contributed by atoms with Gasteiger partial charge in [-0.25, -0.2) is 4.79 Å². The molecule has 0 saturated heterocycles. The minimum absolute atomic E-state index is 0.398. The van der Waals surface area contributed by atoms with Crippen molar-refractivity contribution in [1.29, 1.82) is 0 Å². The molecule has 0 aromatic carbocycles. The van der Waals surface area contributed by atoms with E-state index in [9.17, 15) is 4.79 Å². The molecule has 0 fully saturated rings. The van der Waals surface area contributed by atoms with Gasteiger partial charge in [0.1, 0.15) is 5.60 Å². The summed E-state index contributed by atoms with van der Waals surface area (Å²) in [7, 11) is 1.65. The van der Waals surface area contributed by atoms with Crippen LogP contribution in [0, 0.1) is 0 Å². The Hall–Kier alpha value is -1.54. The SMILES string of the molecule is CCNC(=NCCCNC(=O)OC(C)(C)C)NCCOCCOC. The van der Waals surface area contributed by atoms with Crippen LogP contribution in [0.1, 0.15) is 34.1 Å². The lowest BCUT2D eigenvalue weighted by Crippen LogP contribution is -2.39. The van der Waals surface area contributed by atoms with Gasteiger partial charge >= 0.3 is 6.09 Å². The van der Waals surface area contributed by atoms with Crippen LogP contribution in [-0.4, -0.2) is 70.8 Å². The summed E-state index contributed by atoms with van der Waals surface area (Å²) >= 11 is 0. The highest BCUT2D eigenvalue weighted by atomic mass is 16.6. The molecule has 0 atom stereocenters. The number of nitrogens with one attached hydrogen (secondary N) is 3.